The van der Waals surface area contributed by atoms with E-state index in [0.717, 1.165) is 13.9 Å². The zero-order valence-electron chi connectivity index (χ0n) is 13.8. The van der Waals surface area contributed by atoms with Crippen molar-refractivity contribution in [2.75, 3.05) is 7.11 Å². The Bertz CT molecular complexity index is 1110. The lowest BCUT2D eigenvalue weighted by molar-refractivity contribution is 0.402. The Balaban J connectivity index is 2.40. The lowest BCUT2D eigenvalue weighted by Gasteiger charge is -2.11. The zero-order chi connectivity index (χ0) is 18.1. The first-order valence-electron chi connectivity index (χ1n) is 7.32. The van der Waals surface area contributed by atoms with Crippen LogP contribution in [0, 0.1) is 0 Å². The molecule has 0 unspecified atom stereocenters. The van der Waals surface area contributed by atoms with Gasteiger partial charge in [0.15, 0.2) is 11.4 Å². The molecule has 0 aliphatic rings. The van der Waals surface area contributed by atoms with E-state index in [1.54, 1.807) is 30.3 Å². The summed E-state index contributed by atoms with van der Waals surface area (Å²) < 4.78 is 8.23. The van der Waals surface area contributed by atoms with Gasteiger partial charge in [0, 0.05) is 14.1 Å². The second kappa shape index (κ2) is 6.19. The van der Waals surface area contributed by atoms with Crippen molar-refractivity contribution in [2.45, 2.75) is 0 Å². The maximum Gasteiger partial charge on any atom is 0.351 e. The second-order valence-electron chi connectivity index (χ2n) is 5.25. The van der Waals surface area contributed by atoms with Crippen molar-refractivity contribution < 1.29 is 4.74 Å². The minimum Gasteiger partial charge on any atom is -0.491 e. The summed E-state index contributed by atoms with van der Waals surface area (Å²) in [6.45, 7) is 0. The van der Waals surface area contributed by atoms with E-state index in [9.17, 15) is 14.4 Å². The van der Waals surface area contributed by atoms with Gasteiger partial charge in [0.05, 0.1) is 24.6 Å². The van der Waals surface area contributed by atoms with Gasteiger partial charge in [-0.3, -0.25) is 9.59 Å². The van der Waals surface area contributed by atoms with Crippen LogP contribution in [0.5, 0.6) is 5.75 Å². The third-order valence-electron chi connectivity index (χ3n) is 3.69. The van der Waals surface area contributed by atoms with E-state index in [1.807, 2.05) is 0 Å². The van der Waals surface area contributed by atoms with Crippen molar-refractivity contribution >= 4 is 0 Å². The number of benzene rings is 1. The van der Waals surface area contributed by atoms with Gasteiger partial charge in [-0.15, -0.1) is 0 Å². The monoisotopic (exact) mass is 341 g/mol. The van der Waals surface area contributed by atoms with E-state index in [-0.39, 0.29) is 17.0 Å². The third-order valence-corrected chi connectivity index (χ3v) is 3.69. The molecule has 1 aromatic carbocycles. The van der Waals surface area contributed by atoms with Gasteiger partial charge in [-0.05, 0) is 12.1 Å². The van der Waals surface area contributed by atoms with Gasteiger partial charge in [0.2, 0.25) is 0 Å². The Kier molecular flexibility index (Phi) is 4.05. The highest BCUT2D eigenvalue weighted by molar-refractivity contribution is 5.64. The molecule has 0 atom stereocenters. The molecule has 0 saturated carbocycles. The van der Waals surface area contributed by atoms with Crippen LogP contribution in [0.2, 0.25) is 0 Å². The Morgan fingerprint density at radius 2 is 1.64 bits per heavy atom. The normalized spacial score (nSPS) is 10.7. The largest absolute Gasteiger partial charge is 0.491 e. The highest BCUT2D eigenvalue weighted by Gasteiger charge is 2.20. The summed E-state index contributed by atoms with van der Waals surface area (Å²) in [4.78, 5) is 37.5. The number of ether oxygens (including phenoxy) is 1. The number of methoxy groups -OCH3 is 1. The van der Waals surface area contributed by atoms with Crippen LogP contribution in [0.25, 0.3) is 16.9 Å². The number of aryl methyl sites for hydroxylation is 2. The summed E-state index contributed by atoms with van der Waals surface area (Å²) in [7, 11) is 4.20. The minimum absolute atomic E-state index is 0.0691. The molecule has 2 heterocycles. The number of aromatic nitrogens is 5. The van der Waals surface area contributed by atoms with Gasteiger partial charge in [-0.1, -0.05) is 18.2 Å². The zero-order valence-corrected chi connectivity index (χ0v) is 13.8. The topological polar surface area (TPSA) is 101 Å². The Labute approximate surface area is 141 Å². The molecule has 9 heteroatoms. The van der Waals surface area contributed by atoms with Crippen molar-refractivity contribution in [2.24, 2.45) is 14.1 Å². The number of hydrogen-bond acceptors (Lipinski definition) is 6. The van der Waals surface area contributed by atoms with E-state index < -0.39 is 16.8 Å². The van der Waals surface area contributed by atoms with Crippen LogP contribution < -0.4 is 21.5 Å². The van der Waals surface area contributed by atoms with Crippen molar-refractivity contribution in [1.29, 1.82) is 0 Å². The predicted molar refractivity (Wildman–Crippen MR) is 90.1 cm³/mol. The van der Waals surface area contributed by atoms with E-state index >= 15 is 0 Å². The molecule has 0 aliphatic heterocycles. The van der Waals surface area contributed by atoms with E-state index in [0.29, 0.717) is 5.69 Å². The van der Waals surface area contributed by atoms with Gasteiger partial charge < -0.3 is 4.74 Å². The van der Waals surface area contributed by atoms with Gasteiger partial charge in [-0.25, -0.2) is 18.7 Å². The average molecular weight is 341 g/mol. The summed E-state index contributed by atoms with van der Waals surface area (Å²) >= 11 is 0. The Hall–Kier alpha value is -3.49. The molecule has 2 aromatic heterocycles. The first-order valence-corrected chi connectivity index (χ1v) is 7.32. The molecule has 0 spiro atoms. The Morgan fingerprint density at radius 3 is 2.28 bits per heavy atom. The summed E-state index contributed by atoms with van der Waals surface area (Å²) in [5.41, 5.74) is -1.36. The van der Waals surface area contributed by atoms with Crippen molar-refractivity contribution in [3.63, 3.8) is 0 Å². The number of hydrogen-bond donors (Lipinski definition) is 0. The van der Waals surface area contributed by atoms with Crippen LogP contribution in [0.15, 0.2) is 50.9 Å². The molecule has 0 bridgehead atoms. The molecule has 0 N–H and O–H groups in total. The van der Waals surface area contributed by atoms with Gasteiger partial charge in [0.25, 0.3) is 5.56 Å². The highest BCUT2D eigenvalue weighted by atomic mass is 16.5. The SMILES string of the molecule is COc1c(-c2nn(C)c(=O)n(-c3ccccc3)c2=O)cnn(C)c1=O. The van der Waals surface area contributed by atoms with Crippen LogP contribution >= 0.6 is 0 Å². The number of nitrogens with zero attached hydrogens (tertiary/aromatic N) is 5. The predicted octanol–water partition coefficient (Wildman–Crippen LogP) is -0.300. The maximum absolute atomic E-state index is 12.9. The molecule has 25 heavy (non-hydrogen) atoms. The minimum atomic E-state index is -0.664. The molecule has 0 radical (unpaired) electrons. The molecular weight excluding hydrogens is 326 g/mol. The molecule has 0 fully saturated rings. The van der Waals surface area contributed by atoms with Crippen LogP contribution in [0.1, 0.15) is 0 Å². The van der Waals surface area contributed by atoms with E-state index in [2.05, 4.69) is 10.2 Å². The second-order valence-corrected chi connectivity index (χ2v) is 5.25. The maximum atomic E-state index is 12.9. The molecule has 0 amide bonds. The van der Waals surface area contributed by atoms with Crippen LogP contribution in [-0.2, 0) is 14.1 Å². The van der Waals surface area contributed by atoms with Gasteiger partial charge in [-0.2, -0.15) is 10.2 Å². The summed E-state index contributed by atoms with van der Waals surface area (Å²) in [5, 5.41) is 7.92. The fourth-order valence-electron chi connectivity index (χ4n) is 2.43. The fourth-order valence-corrected chi connectivity index (χ4v) is 2.43. The number of para-hydroxylation sites is 1. The van der Waals surface area contributed by atoms with Crippen LogP contribution in [0.3, 0.4) is 0 Å². The highest BCUT2D eigenvalue weighted by Crippen LogP contribution is 2.20. The summed E-state index contributed by atoms with van der Waals surface area (Å²) in [6.07, 6.45) is 1.31. The van der Waals surface area contributed by atoms with Gasteiger partial charge in [0.1, 0.15) is 0 Å². The molecular formula is C16H15N5O4. The van der Waals surface area contributed by atoms with Crippen LogP contribution in [0.4, 0.5) is 0 Å². The quantitative estimate of drug-likeness (QED) is 0.648. The molecule has 0 saturated heterocycles. The molecule has 3 rings (SSSR count). The van der Waals surface area contributed by atoms with Crippen LogP contribution in [-0.4, -0.2) is 31.2 Å². The van der Waals surface area contributed by atoms with E-state index in [4.69, 9.17) is 4.74 Å². The lowest BCUT2D eigenvalue weighted by atomic mass is 10.2. The molecule has 0 aliphatic carbocycles. The fraction of sp³-hybridized carbons (Fsp3) is 0.188. The molecule has 9 nitrogen and oxygen atoms in total. The summed E-state index contributed by atoms with van der Waals surface area (Å²) in [6, 6.07) is 8.45. The Morgan fingerprint density at radius 1 is 0.960 bits per heavy atom. The third kappa shape index (κ3) is 2.65. The molecule has 3 aromatic rings. The first kappa shape index (κ1) is 16.4. The molecule has 128 valence electrons. The van der Waals surface area contributed by atoms with Gasteiger partial charge >= 0.3 is 11.2 Å². The van der Waals surface area contributed by atoms with Crippen molar-refractivity contribution in [3.8, 4) is 22.7 Å². The van der Waals surface area contributed by atoms with Crippen molar-refractivity contribution in [3.05, 3.63) is 67.7 Å². The average Bonchev–Trinajstić information content (AvgIpc) is 2.62. The standard InChI is InChI=1S/C16H15N5O4/c1-19-15(23)13(25-3)11(9-17-19)12-14(22)21(16(24)20(2)18-12)10-7-5-4-6-8-10/h4-9H,1-3H3. The van der Waals surface area contributed by atoms with E-state index in [1.165, 1.54) is 27.4 Å². The summed E-state index contributed by atoms with van der Waals surface area (Å²) in [5.74, 6) is -0.0691. The number of rotatable bonds is 3. The first-order chi connectivity index (χ1) is 12.0. The lowest BCUT2D eigenvalue weighted by Crippen LogP contribution is -2.40. The van der Waals surface area contributed by atoms with Crippen molar-refractivity contribution in [1.82, 2.24) is 24.1 Å². The smallest absolute Gasteiger partial charge is 0.351 e.